The SMILES string of the molecule is C=CC(C)(CC)c1ccc(NC(C)C(C)=N/C=C\C)cc1. The van der Waals surface area contributed by atoms with E-state index in [0.29, 0.717) is 0 Å². The van der Waals surface area contributed by atoms with Gasteiger partial charge in [-0.05, 0) is 44.9 Å². The summed E-state index contributed by atoms with van der Waals surface area (Å²) in [7, 11) is 0. The molecule has 1 aromatic rings. The van der Waals surface area contributed by atoms with E-state index in [4.69, 9.17) is 0 Å². The lowest BCUT2D eigenvalue weighted by Crippen LogP contribution is -2.23. The van der Waals surface area contributed by atoms with Gasteiger partial charge in [0.1, 0.15) is 0 Å². The first-order valence-electron chi connectivity index (χ1n) is 7.63. The highest BCUT2D eigenvalue weighted by Crippen LogP contribution is 2.29. The normalized spacial score (nSPS) is 16.5. The van der Waals surface area contributed by atoms with Gasteiger partial charge in [0.2, 0.25) is 0 Å². The predicted octanol–water partition coefficient (Wildman–Crippen LogP) is 5.34. The highest BCUT2D eigenvalue weighted by molar-refractivity contribution is 5.89. The standard InChI is InChI=1S/C19H28N2/c1-7-14-20-15(4)16(5)21-18-12-10-17(11-13-18)19(6,8-2)9-3/h7-8,10-14,16,21H,2,9H2,1,3-6H3/b14-7-,20-15?. The largest absolute Gasteiger partial charge is 0.377 e. The summed E-state index contributed by atoms with van der Waals surface area (Å²) in [6.07, 6.45) is 6.85. The molecule has 114 valence electrons. The van der Waals surface area contributed by atoms with Crippen molar-refractivity contribution in [1.29, 1.82) is 0 Å². The van der Waals surface area contributed by atoms with Gasteiger partial charge in [0.25, 0.3) is 0 Å². The van der Waals surface area contributed by atoms with Crippen molar-refractivity contribution in [3.05, 3.63) is 54.8 Å². The molecule has 0 spiro atoms. The summed E-state index contributed by atoms with van der Waals surface area (Å²) in [6.45, 7) is 14.5. The zero-order valence-corrected chi connectivity index (χ0v) is 14.0. The molecule has 0 amide bonds. The lowest BCUT2D eigenvalue weighted by atomic mass is 9.80. The van der Waals surface area contributed by atoms with Crippen molar-refractivity contribution >= 4 is 11.4 Å². The summed E-state index contributed by atoms with van der Waals surface area (Å²) in [4.78, 5) is 4.38. The fourth-order valence-electron chi connectivity index (χ4n) is 2.07. The Bertz CT molecular complexity index is 511. The summed E-state index contributed by atoms with van der Waals surface area (Å²) in [5, 5.41) is 3.47. The molecule has 2 nitrogen and oxygen atoms in total. The maximum absolute atomic E-state index is 4.38. The minimum atomic E-state index is 0.0490. The van der Waals surface area contributed by atoms with E-state index in [9.17, 15) is 0 Å². The molecule has 0 bridgehead atoms. The molecule has 0 heterocycles. The Kier molecular flexibility index (Phi) is 6.41. The van der Waals surface area contributed by atoms with E-state index in [2.05, 4.69) is 61.9 Å². The third-order valence-electron chi connectivity index (χ3n) is 4.17. The van der Waals surface area contributed by atoms with Crippen LogP contribution in [0.3, 0.4) is 0 Å². The third kappa shape index (κ3) is 4.59. The molecule has 0 radical (unpaired) electrons. The second-order valence-electron chi connectivity index (χ2n) is 5.67. The van der Waals surface area contributed by atoms with Crippen molar-refractivity contribution < 1.29 is 0 Å². The molecular formula is C19H28N2. The number of aliphatic imine (C=N–C) groups is 1. The van der Waals surface area contributed by atoms with Crippen molar-refractivity contribution in [2.75, 3.05) is 5.32 Å². The maximum atomic E-state index is 4.38. The minimum absolute atomic E-state index is 0.0490. The van der Waals surface area contributed by atoms with Crippen molar-refractivity contribution in [2.45, 2.75) is 52.5 Å². The van der Waals surface area contributed by atoms with Crippen LogP contribution in [0.1, 0.15) is 46.6 Å². The van der Waals surface area contributed by atoms with E-state index in [-0.39, 0.29) is 11.5 Å². The van der Waals surface area contributed by atoms with Crippen LogP contribution >= 0.6 is 0 Å². The topological polar surface area (TPSA) is 24.4 Å². The second kappa shape index (κ2) is 7.82. The third-order valence-corrected chi connectivity index (χ3v) is 4.17. The van der Waals surface area contributed by atoms with Crippen LogP contribution in [0.2, 0.25) is 0 Å². The fraction of sp³-hybridized carbons (Fsp3) is 0.421. The average Bonchev–Trinajstić information content (AvgIpc) is 2.52. The van der Waals surface area contributed by atoms with E-state index >= 15 is 0 Å². The molecule has 1 aromatic carbocycles. The maximum Gasteiger partial charge on any atom is 0.0615 e. The molecule has 0 fully saturated rings. The number of nitrogens with one attached hydrogen (secondary N) is 1. The van der Waals surface area contributed by atoms with Crippen LogP contribution in [0.25, 0.3) is 0 Å². The van der Waals surface area contributed by atoms with Gasteiger partial charge in [-0.2, -0.15) is 0 Å². The van der Waals surface area contributed by atoms with Crippen LogP contribution in [-0.4, -0.2) is 11.8 Å². The quantitative estimate of drug-likeness (QED) is 0.531. The lowest BCUT2D eigenvalue weighted by molar-refractivity contribution is 0.574. The van der Waals surface area contributed by atoms with Gasteiger partial charge < -0.3 is 5.32 Å². The highest BCUT2D eigenvalue weighted by atomic mass is 14.9. The van der Waals surface area contributed by atoms with Crippen molar-refractivity contribution in [1.82, 2.24) is 0 Å². The second-order valence-corrected chi connectivity index (χ2v) is 5.67. The summed E-state index contributed by atoms with van der Waals surface area (Å²) < 4.78 is 0. The Morgan fingerprint density at radius 1 is 1.38 bits per heavy atom. The monoisotopic (exact) mass is 284 g/mol. The number of rotatable bonds is 7. The van der Waals surface area contributed by atoms with Crippen molar-refractivity contribution in [2.24, 2.45) is 4.99 Å². The summed E-state index contributed by atoms with van der Waals surface area (Å²) in [5.74, 6) is 0. The number of allylic oxidation sites excluding steroid dienone is 2. The number of nitrogens with zero attached hydrogens (tertiary/aromatic N) is 1. The molecule has 0 aromatic heterocycles. The van der Waals surface area contributed by atoms with Crippen LogP contribution in [0.15, 0.2) is 54.2 Å². The first kappa shape index (κ1) is 17.2. The van der Waals surface area contributed by atoms with Crippen LogP contribution in [0.5, 0.6) is 0 Å². The van der Waals surface area contributed by atoms with Gasteiger partial charge in [0.05, 0.1) is 6.04 Å². The van der Waals surface area contributed by atoms with Gasteiger partial charge in [-0.15, -0.1) is 6.58 Å². The Balaban J connectivity index is 2.82. The molecule has 1 rings (SSSR count). The average molecular weight is 284 g/mol. The molecular weight excluding hydrogens is 256 g/mol. The highest BCUT2D eigenvalue weighted by Gasteiger charge is 2.20. The minimum Gasteiger partial charge on any atom is -0.377 e. The van der Waals surface area contributed by atoms with Crippen LogP contribution in [-0.2, 0) is 5.41 Å². The predicted molar refractivity (Wildman–Crippen MR) is 95.3 cm³/mol. The zero-order valence-electron chi connectivity index (χ0n) is 14.0. The molecule has 1 N–H and O–H groups in total. The Morgan fingerprint density at radius 3 is 2.48 bits per heavy atom. The van der Waals surface area contributed by atoms with E-state index in [0.717, 1.165) is 17.8 Å². The van der Waals surface area contributed by atoms with Gasteiger partial charge in [-0.3, -0.25) is 4.99 Å². The number of anilines is 1. The zero-order chi connectivity index (χ0) is 15.9. The van der Waals surface area contributed by atoms with Gasteiger partial charge >= 0.3 is 0 Å². The van der Waals surface area contributed by atoms with Crippen LogP contribution < -0.4 is 5.32 Å². The van der Waals surface area contributed by atoms with E-state index in [1.54, 1.807) is 0 Å². The Morgan fingerprint density at radius 2 is 2.00 bits per heavy atom. The molecule has 0 aliphatic heterocycles. The molecule has 0 saturated heterocycles. The Hall–Kier alpha value is -1.83. The van der Waals surface area contributed by atoms with Crippen LogP contribution in [0, 0.1) is 0 Å². The van der Waals surface area contributed by atoms with Gasteiger partial charge in [0.15, 0.2) is 0 Å². The number of hydrogen-bond donors (Lipinski definition) is 1. The molecule has 0 aliphatic carbocycles. The van der Waals surface area contributed by atoms with Gasteiger partial charge in [-0.1, -0.05) is 38.1 Å². The molecule has 2 unspecified atom stereocenters. The number of benzene rings is 1. The first-order valence-corrected chi connectivity index (χ1v) is 7.63. The first-order chi connectivity index (χ1) is 9.96. The lowest BCUT2D eigenvalue weighted by Gasteiger charge is -2.25. The summed E-state index contributed by atoms with van der Waals surface area (Å²) >= 11 is 0. The van der Waals surface area contributed by atoms with Gasteiger partial charge in [0, 0.05) is 23.0 Å². The molecule has 0 aliphatic rings. The summed E-state index contributed by atoms with van der Waals surface area (Å²) in [6, 6.07) is 8.83. The summed E-state index contributed by atoms with van der Waals surface area (Å²) in [5.41, 5.74) is 3.54. The smallest absolute Gasteiger partial charge is 0.0615 e. The molecule has 2 heteroatoms. The fourth-order valence-corrected chi connectivity index (χ4v) is 2.07. The van der Waals surface area contributed by atoms with E-state index in [1.165, 1.54) is 5.56 Å². The van der Waals surface area contributed by atoms with Gasteiger partial charge in [-0.25, -0.2) is 0 Å². The number of hydrogen-bond acceptors (Lipinski definition) is 2. The van der Waals surface area contributed by atoms with Crippen molar-refractivity contribution in [3.63, 3.8) is 0 Å². The van der Waals surface area contributed by atoms with Crippen molar-refractivity contribution in [3.8, 4) is 0 Å². The molecule has 21 heavy (non-hydrogen) atoms. The molecule has 2 atom stereocenters. The molecule has 0 saturated carbocycles. The van der Waals surface area contributed by atoms with E-state index in [1.807, 2.05) is 32.2 Å². The van der Waals surface area contributed by atoms with Crippen LogP contribution in [0.4, 0.5) is 5.69 Å². The Labute approximate surface area is 129 Å². The van der Waals surface area contributed by atoms with E-state index < -0.39 is 0 Å².